The highest BCUT2D eigenvalue weighted by atomic mass is 16.4. The van der Waals surface area contributed by atoms with Crippen LogP contribution in [0.4, 0.5) is 0 Å². The molecule has 3 N–H and O–H groups in total. The van der Waals surface area contributed by atoms with Crippen LogP contribution in [0.2, 0.25) is 0 Å². The maximum absolute atomic E-state index is 11.1. The van der Waals surface area contributed by atoms with E-state index in [0.29, 0.717) is 0 Å². The summed E-state index contributed by atoms with van der Waals surface area (Å²) in [6.45, 7) is 1.80. The monoisotopic (exact) mass is 269 g/mol. The lowest BCUT2D eigenvalue weighted by Crippen LogP contribution is -2.45. The fourth-order valence-electron chi connectivity index (χ4n) is 2.67. The van der Waals surface area contributed by atoms with Crippen molar-refractivity contribution in [1.29, 1.82) is 0 Å². The Labute approximate surface area is 119 Å². The van der Waals surface area contributed by atoms with E-state index in [-0.39, 0.29) is 12.3 Å². The lowest BCUT2D eigenvalue weighted by molar-refractivity contribution is -0.138. The van der Waals surface area contributed by atoms with Crippen molar-refractivity contribution in [3.05, 3.63) is 71.8 Å². The zero-order valence-corrected chi connectivity index (χ0v) is 11.5. The standard InChI is InChI=1S/C17H19NO2/c1-17(18,12-15(19)20)16(13-8-4-2-5-9-13)14-10-6-3-7-11-14/h2-11,16H,12,18H2,1H3,(H,19,20). The van der Waals surface area contributed by atoms with Crippen LogP contribution in [0.1, 0.15) is 30.4 Å². The molecule has 3 nitrogen and oxygen atoms in total. The van der Waals surface area contributed by atoms with Gasteiger partial charge in [0.1, 0.15) is 0 Å². The van der Waals surface area contributed by atoms with Crippen LogP contribution < -0.4 is 5.73 Å². The highest BCUT2D eigenvalue weighted by Gasteiger charge is 2.34. The molecule has 0 aliphatic heterocycles. The van der Waals surface area contributed by atoms with Crippen LogP contribution in [0.25, 0.3) is 0 Å². The molecule has 0 amide bonds. The summed E-state index contributed by atoms with van der Waals surface area (Å²) in [4.78, 5) is 11.1. The summed E-state index contributed by atoms with van der Waals surface area (Å²) < 4.78 is 0. The van der Waals surface area contributed by atoms with Gasteiger partial charge in [0.05, 0.1) is 6.42 Å². The molecule has 20 heavy (non-hydrogen) atoms. The first-order valence-electron chi connectivity index (χ1n) is 6.61. The minimum Gasteiger partial charge on any atom is -0.481 e. The van der Waals surface area contributed by atoms with E-state index >= 15 is 0 Å². The van der Waals surface area contributed by atoms with Gasteiger partial charge < -0.3 is 10.8 Å². The Bertz CT molecular complexity index is 525. The average molecular weight is 269 g/mol. The van der Waals surface area contributed by atoms with Crippen LogP contribution in [0.15, 0.2) is 60.7 Å². The van der Waals surface area contributed by atoms with Crippen LogP contribution >= 0.6 is 0 Å². The van der Waals surface area contributed by atoms with E-state index in [1.165, 1.54) is 0 Å². The molecule has 0 heterocycles. The number of nitrogens with two attached hydrogens (primary N) is 1. The third-order valence-corrected chi connectivity index (χ3v) is 3.46. The third-order valence-electron chi connectivity index (χ3n) is 3.46. The first-order chi connectivity index (χ1) is 9.50. The quantitative estimate of drug-likeness (QED) is 0.877. The number of hydrogen-bond donors (Lipinski definition) is 2. The fraction of sp³-hybridized carbons (Fsp3) is 0.235. The summed E-state index contributed by atoms with van der Waals surface area (Å²) in [7, 11) is 0. The van der Waals surface area contributed by atoms with E-state index in [1.54, 1.807) is 6.92 Å². The SMILES string of the molecule is CC(N)(CC(=O)O)C(c1ccccc1)c1ccccc1. The van der Waals surface area contributed by atoms with Gasteiger partial charge in [-0.05, 0) is 18.1 Å². The molecular weight excluding hydrogens is 250 g/mol. The van der Waals surface area contributed by atoms with Gasteiger partial charge in [0.25, 0.3) is 0 Å². The molecule has 0 aromatic heterocycles. The number of aliphatic carboxylic acids is 1. The van der Waals surface area contributed by atoms with E-state index < -0.39 is 11.5 Å². The predicted octanol–water partition coefficient (Wildman–Crippen LogP) is 3.01. The zero-order valence-electron chi connectivity index (χ0n) is 11.5. The van der Waals surface area contributed by atoms with Crippen molar-refractivity contribution >= 4 is 5.97 Å². The zero-order chi connectivity index (χ0) is 14.6. The molecule has 2 aromatic carbocycles. The molecule has 0 bridgehead atoms. The summed E-state index contributed by atoms with van der Waals surface area (Å²) in [5, 5.41) is 9.11. The molecule has 2 aromatic rings. The maximum atomic E-state index is 11.1. The smallest absolute Gasteiger partial charge is 0.305 e. The van der Waals surface area contributed by atoms with E-state index in [0.717, 1.165) is 11.1 Å². The van der Waals surface area contributed by atoms with E-state index in [4.69, 9.17) is 10.8 Å². The fourth-order valence-corrected chi connectivity index (χ4v) is 2.67. The molecule has 0 saturated carbocycles. The summed E-state index contributed by atoms with van der Waals surface area (Å²) in [6.07, 6.45) is -0.0819. The molecule has 2 rings (SSSR count). The summed E-state index contributed by atoms with van der Waals surface area (Å²) in [5.41, 5.74) is 7.56. The van der Waals surface area contributed by atoms with Gasteiger partial charge >= 0.3 is 5.97 Å². The van der Waals surface area contributed by atoms with Gasteiger partial charge in [-0.25, -0.2) is 0 Å². The lowest BCUT2D eigenvalue weighted by atomic mass is 9.75. The second-order valence-corrected chi connectivity index (χ2v) is 5.33. The van der Waals surface area contributed by atoms with Gasteiger partial charge in [-0.2, -0.15) is 0 Å². The van der Waals surface area contributed by atoms with Crippen molar-refractivity contribution in [2.24, 2.45) is 5.73 Å². The topological polar surface area (TPSA) is 63.3 Å². The minimum atomic E-state index is -0.883. The van der Waals surface area contributed by atoms with Crippen molar-refractivity contribution < 1.29 is 9.90 Å². The molecule has 0 saturated heterocycles. The summed E-state index contributed by atoms with van der Waals surface area (Å²) in [5.74, 6) is -1.03. The molecule has 0 fully saturated rings. The predicted molar refractivity (Wildman–Crippen MR) is 79.6 cm³/mol. The van der Waals surface area contributed by atoms with Gasteiger partial charge in [0, 0.05) is 11.5 Å². The average Bonchev–Trinajstić information content (AvgIpc) is 2.39. The molecule has 1 unspecified atom stereocenters. The summed E-state index contributed by atoms with van der Waals surface area (Å²) in [6, 6.07) is 19.6. The number of carbonyl (C=O) groups is 1. The Balaban J connectivity index is 2.48. The van der Waals surface area contributed by atoms with E-state index in [1.807, 2.05) is 60.7 Å². The van der Waals surface area contributed by atoms with Gasteiger partial charge in [-0.15, -0.1) is 0 Å². The van der Waals surface area contributed by atoms with E-state index in [2.05, 4.69) is 0 Å². The normalized spacial score (nSPS) is 13.9. The van der Waals surface area contributed by atoms with Crippen LogP contribution in [-0.4, -0.2) is 16.6 Å². The van der Waals surface area contributed by atoms with E-state index in [9.17, 15) is 4.79 Å². The van der Waals surface area contributed by atoms with Gasteiger partial charge in [0.2, 0.25) is 0 Å². The number of carboxylic acids is 1. The maximum Gasteiger partial charge on any atom is 0.305 e. The lowest BCUT2D eigenvalue weighted by Gasteiger charge is -2.34. The van der Waals surface area contributed by atoms with Crippen molar-refractivity contribution in [1.82, 2.24) is 0 Å². The first kappa shape index (κ1) is 14.3. The largest absolute Gasteiger partial charge is 0.481 e. The number of hydrogen-bond acceptors (Lipinski definition) is 2. The molecule has 3 heteroatoms. The molecule has 1 atom stereocenters. The van der Waals surface area contributed by atoms with Crippen LogP contribution in [0.5, 0.6) is 0 Å². The molecule has 0 spiro atoms. The Morgan fingerprint density at radius 3 is 1.80 bits per heavy atom. The van der Waals surface area contributed by atoms with Crippen LogP contribution in [-0.2, 0) is 4.79 Å². The Kier molecular flexibility index (Phi) is 4.20. The van der Waals surface area contributed by atoms with Crippen molar-refractivity contribution in [3.8, 4) is 0 Å². The van der Waals surface area contributed by atoms with Crippen LogP contribution in [0.3, 0.4) is 0 Å². The number of carboxylic acid groups (broad SMARTS) is 1. The Hall–Kier alpha value is -2.13. The van der Waals surface area contributed by atoms with Gasteiger partial charge in [-0.3, -0.25) is 4.79 Å². The molecule has 0 aliphatic carbocycles. The Morgan fingerprint density at radius 1 is 1.05 bits per heavy atom. The third kappa shape index (κ3) is 3.25. The van der Waals surface area contributed by atoms with Crippen molar-refractivity contribution in [2.75, 3.05) is 0 Å². The molecule has 0 aliphatic rings. The minimum absolute atomic E-state index is 0.0819. The molecule has 104 valence electrons. The molecular formula is C17H19NO2. The highest BCUT2D eigenvalue weighted by Crippen LogP contribution is 2.35. The van der Waals surface area contributed by atoms with Gasteiger partial charge in [0.15, 0.2) is 0 Å². The first-order valence-corrected chi connectivity index (χ1v) is 6.61. The van der Waals surface area contributed by atoms with Gasteiger partial charge in [-0.1, -0.05) is 60.7 Å². The van der Waals surface area contributed by atoms with Crippen molar-refractivity contribution in [2.45, 2.75) is 24.8 Å². The second kappa shape index (κ2) is 5.88. The summed E-state index contributed by atoms with van der Waals surface area (Å²) >= 11 is 0. The second-order valence-electron chi connectivity index (χ2n) is 5.33. The highest BCUT2D eigenvalue weighted by molar-refractivity contribution is 5.69. The molecule has 0 radical (unpaired) electrons. The number of rotatable bonds is 5. The van der Waals surface area contributed by atoms with Crippen LogP contribution in [0, 0.1) is 0 Å². The van der Waals surface area contributed by atoms with Crippen molar-refractivity contribution in [3.63, 3.8) is 0 Å². The Morgan fingerprint density at radius 2 is 1.45 bits per heavy atom. The number of benzene rings is 2.